The Labute approximate surface area is 152 Å². The second-order valence-corrected chi connectivity index (χ2v) is 6.29. The highest BCUT2D eigenvalue weighted by Crippen LogP contribution is 2.54. The van der Waals surface area contributed by atoms with Crippen LogP contribution in [0.5, 0.6) is 5.75 Å². The second kappa shape index (κ2) is 7.32. The largest absolute Gasteiger partial charge is 0.492 e. The van der Waals surface area contributed by atoms with Crippen LogP contribution in [0.2, 0.25) is 0 Å². The number of anilines is 1. The lowest BCUT2D eigenvalue weighted by molar-refractivity contribution is 0.331. The standard InChI is InChI=1S/C21H19N3O2/c22-14-19-21(23-11-12-25-16-9-5-2-6-10-16)26-20(24-19)18-13-17(18)15-7-3-1-4-8-15/h1-10,17-18,23H,11-13H2. The zero-order chi connectivity index (χ0) is 17.8. The van der Waals surface area contributed by atoms with Crippen molar-refractivity contribution in [1.29, 1.82) is 5.26 Å². The highest BCUT2D eigenvalue weighted by molar-refractivity contribution is 5.46. The van der Waals surface area contributed by atoms with Gasteiger partial charge in [0.25, 0.3) is 0 Å². The Bertz CT molecular complexity index is 900. The molecule has 1 aliphatic carbocycles. The summed E-state index contributed by atoms with van der Waals surface area (Å²) in [5, 5.41) is 12.4. The summed E-state index contributed by atoms with van der Waals surface area (Å²) in [6, 6.07) is 22.1. The topological polar surface area (TPSA) is 71.1 Å². The molecular formula is C21H19N3O2. The molecule has 0 aliphatic heterocycles. The second-order valence-electron chi connectivity index (χ2n) is 6.29. The van der Waals surface area contributed by atoms with Gasteiger partial charge in [-0.15, -0.1) is 0 Å². The van der Waals surface area contributed by atoms with E-state index in [0.29, 0.717) is 36.5 Å². The minimum absolute atomic E-state index is 0.251. The predicted octanol–water partition coefficient (Wildman–Crippen LogP) is 4.31. The maximum Gasteiger partial charge on any atom is 0.232 e. The fourth-order valence-electron chi connectivity index (χ4n) is 3.08. The summed E-state index contributed by atoms with van der Waals surface area (Å²) in [6.45, 7) is 1.01. The Morgan fingerprint density at radius 2 is 1.81 bits per heavy atom. The van der Waals surface area contributed by atoms with E-state index in [1.165, 1.54) is 5.56 Å². The number of ether oxygens (including phenoxy) is 1. The van der Waals surface area contributed by atoms with E-state index in [2.05, 4.69) is 28.5 Å². The number of aromatic nitrogens is 1. The first-order valence-corrected chi connectivity index (χ1v) is 8.72. The molecular weight excluding hydrogens is 326 g/mol. The zero-order valence-electron chi connectivity index (χ0n) is 14.3. The molecule has 0 bridgehead atoms. The summed E-state index contributed by atoms with van der Waals surface area (Å²) in [7, 11) is 0. The van der Waals surface area contributed by atoms with Crippen LogP contribution in [0.15, 0.2) is 65.1 Å². The van der Waals surface area contributed by atoms with Gasteiger partial charge in [0.05, 0.1) is 6.54 Å². The van der Waals surface area contributed by atoms with Gasteiger partial charge < -0.3 is 14.5 Å². The molecule has 5 nitrogen and oxygen atoms in total. The monoisotopic (exact) mass is 345 g/mol. The first kappa shape index (κ1) is 16.2. The molecule has 2 aromatic carbocycles. The molecule has 2 unspecified atom stereocenters. The first-order valence-electron chi connectivity index (χ1n) is 8.72. The molecule has 26 heavy (non-hydrogen) atoms. The van der Waals surface area contributed by atoms with Crippen LogP contribution < -0.4 is 10.1 Å². The third kappa shape index (κ3) is 3.55. The summed E-state index contributed by atoms with van der Waals surface area (Å²) < 4.78 is 11.5. The first-order chi connectivity index (χ1) is 12.8. The molecule has 1 saturated carbocycles. The molecule has 5 heteroatoms. The van der Waals surface area contributed by atoms with E-state index in [-0.39, 0.29) is 5.92 Å². The third-order valence-electron chi connectivity index (χ3n) is 4.48. The molecule has 2 atom stereocenters. The molecule has 130 valence electrons. The molecule has 0 saturated heterocycles. The van der Waals surface area contributed by atoms with Crippen LogP contribution in [0.25, 0.3) is 0 Å². The van der Waals surface area contributed by atoms with Crippen molar-refractivity contribution in [2.24, 2.45) is 0 Å². The van der Waals surface area contributed by atoms with Gasteiger partial charge in [-0.2, -0.15) is 5.26 Å². The van der Waals surface area contributed by atoms with Gasteiger partial charge in [-0.25, -0.2) is 4.98 Å². The number of hydrogen-bond acceptors (Lipinski definition) is 5. The lowest BCUT2D eigenvalue weighted by Crippen LogP contribution is -2.11. The van der Waals surface area contributed by atoms with Gasteiger partial charge >= 0.3 is 0 Å². The van der Waals surface area contributed by atoms with E-state index in [1.807, 2.05) is 48.5 Å². The Hall–Kier alpha value is -3.26. The van der Waals surface area contributed by atoms with Crippen molar-refractivity contribution < 1.29 is 9.15 Å². The van der Waals surface area contributed by atoms with Gasteiger partial charge in [0.2, 0.25) is 17.5 Å². The normalized spacial score (nSPS) is 18.1. The fraction of sp³-hybridized carbons (Fsp3) is 0.238. The van der Waals surface area contributed by atoms with Crippen LogP contribution in [-0.4, -0.2) is 18.1 Å². The minimum Gasteiger partial charge on any atom is -0.492 e. The van der Waals surface area contributed by atoms with Gasteiger partial charge in [-0.1, -0.05) is 48.5 Å². The summed E-state index contributed by atoms with van der Waals surface area (Å²) in [5.41, 5.74) is 1.60. The molecule has 1 heterocycles. The van der Waals surface area contributed by atoms with E-state index in [4.69, 9.17) is 9.15 Å². The van der Waals surface area contributed by atoms with Crippen LogP contribution in [0.4, 0.5) is 5.88 Å². The SMILES string of the molecule is N#Cc1nc(C2CC2c2ccccc2)oc1NCCOc1ccccc1. The van der Waals surface area contributed by atoms with Crippen molar-refractivity contribution in [3.05, 3.63) is 77.8 Å². The van der Waals surface area contributed by atoms with E-state index < -0.39 is 0 Å². The summed E-state index contributed by atoms with van der Waals surface area (Å²) in [6.07, 6.45) is 1.01. The lowest BCUT2D eigenvalue weighted by Gasteiger charge is -2.06. The van der Waals surface area contributed by atoms with Gasteiger partial charge in [-0.05, 0) is 30.0 Å². The highest BCUT2D eigenvalue weighted by Gasteiger charge is 2.43. The van der Waals surface area contributed by atoms with Crippen LogP contribution in [0.1, 0.15) is 35.4 Å². The third-order valence-corrected chi connectivity index (χ3v) is 4.48. The number of nitrogens with one attached hydrogen (secondary N) is 1. The number of hydrogen-bond donors (Lipinski definition) is 1. The van der Waals surface area contributed by atoms with E-state index in [9.17, 15) is 5.26 Å². The number of benzene rings is 2. The fourth-order valence-corrected chi connectivity index (χ4v) is 3.08. The summed E-state index contributed by atoms with van der Waals surface area (Å²) in [4.78, 5) is 4.37. The number of nitriles is 1. The Morgan fingerprint density at radius 3 is 2.54 bits per heavy atom. The van der Waals surface area contributed by atoms with Crippen LogP contribution in [0, 0.1) is 11.3 Å². The molecule has 4 rings (SSSR count). The van der Waals surface area contributed by atoms with Crippen molar-refractivity contribution >= 4 is 5.88 Å². The minimum atomic E-state index is 0.251. The molecule has 1 aromatic heterocycles. The maximum atomic E-state index is 9.31. The van der Waals surface area contributed by atoms with E-state index >= 15 is 0 Å². The lowest BCUT2D eigenvalue weighted by atomic mass is 10.1. The number of para-hydroxylation sites is 1. The Balaban J connectivity index is 1.35. The summed E-state index contributed by atoms with van der Waals surface area (Å²) >= 11 is 0. The molecule has 1 fully saturated rings. The van der Waals surface area contributed by atoms with Crippen molar-refractivity contribution in [3.8, 4) is 11.8 Å². The zero-order valence-corrected chi connectivity index (χ0v) is 14.3. The van der Waals surface area contributed by atoms with Gasteiger partial charge in [-0.3, -0.25) is 0 Å². The van der Waals surface area contributed by atoms with Crippen LogP contribution in [0.3, 0.4) is 0 Å². The van der Waals surface area contributed by atoms with Gasteiger partial charge in [0.15, 0.2) is 0 Å². The van der Waals surface area contributed by atoms with Crippen molar-refractivity contribution in [1.82, 2.24) is 4.98 Å². The Morgan fingerprint density at radius 1 is 1.08 bits per heavy atom. The number of oxazole rings is 1. The molecule has 0 spiro atoms. The van der Waals surface area contributed by atoms with Gasteiger partial charge in [0, 0.05) is 5.92 Å². The Kier molecular flexibility index (Phi) is 4.57. The van der Waals surface area contributed by atoms with Crippen molar-refractivity contribution in [2.45, 2.75) is 18.3 Å². The molecule has 1 aliphatic rings. The smallest absolute Gasteiger partial charge is 0.232 e. The molecule has 3 aromatic rings. The number of rotatable bonds is 7. The molecule has 1 N–H and O–H groups in total. The average molecular weight is 345 g/mol. The molecule has 0 amide bonds. The summed E-state index contributed by atoms with van der Waals surface area (Å²) in [5.74, 6) is 2.56. The van der Waals surface area contributed by atoms with Crippen molar-refractivity contribution in [2.75, 3.05) is 18.5 Å². The van der Waals surface area contributed by atoms with Crippen LogP contribution in [-0.2, 0) is 0 Å². The average Bonchev–Trinajstić information content (AvgIpc) is 3.40. The van der Waals surface area contributed by atoms with E-state index in [1.54, 1.807) is 0 Å². The molecule has 0 radical (unpaired) electrons. The quantitative estimate of drug-likeness (QED) is 0.646. The highest BCUT2D eigenvalue weighted by atomic mass is 16.5. The van der Waals surface area contributed by atoms with Crippen LogP contribution >= 0.6 is 0 Å². The van der Waals surface area contributed by atoms with Gasteiger partial charge in [0.1, 0.15) is 18.4 Å². The maximum absolute atomic E-state index is 9.31. The number of nitrogens with zero attached hydrogens (tertiary/aromatic N) is 2. The van der Waals surface area contributed by atoms with E-state index in [0.717, 1.165) is 12.2 Å². The predicted molar refractivity (Wildman–Crippen MR) is 98.2 cm³/mol. The van der Waals surface area contributed by atoms with Crippen molar-refractivity contribution in [3.63, 3.8) is 0 Å².